The van der Waals surface area contributed by atoms with E-state index in [9.17, 15) is 9.59 Å². The van der Waals surface area contributed by atoms with Crippen LogP contribution in [0.25, 0.3) is 0 Å². The SMILES string of the molecule is COC(=O)C[C@@H](CCc1ccncc1)NC(=O)CC1CC(c2ccc(C(=N)N)cc2)=NO1. The molecular weight excluding hydrogens is 410 g/mol. The van der Waals surface area contributed by atoms with Gasteiger partial charge in [-0.1, -0.05) is 29.4 Å². The first-order chi connectivity index (χ1) is 15.4. The van der Waals surface area contributed by atoms with Gasteiger partial charge in [-0.3, -0.25) is 20.0 Å². The molecule has 0 bridgehead atoms. The second kappa shape index (κ2) is 11.0. The number of carbonyl (C=O) groups excluding carboxylic acids is 2. The first-order valence-corrected chi connectivity index (χ1v) is 10.4. The van der Waals surface area contributed by atoms with E-state index in [1.165, 1.54) is 7.11 Å². The van der Waals surface area contributed by atoms with E-state index < -0.39 is 0 Å². The van der Waals surface area contributed by atoms with Gasteiger partial charge in [-0.15, -0.1) is 0 Å². The Labute approximate surface area is 186 Å². The van der Waals surface area contributed by atoms with Crippen molar-refractivity contribution in [1.82, 2.24) is 10.3 Å². The molecule has 2 aromatic rings. The molecule has 1 unspecified atom stereocenters. The average molecular weight is 438 g/mol. The number of methoxy groups -OCH3 is 1. The number of nitrogens with zero attached hydrogens (tertiary/aromatic N) is 2. The quantitative estimate of drug-likeness (QED) is 0.295. The number of ether oxygens (including phenoxy) is 1. The van der Waals surface area contributed by atoms with E-state index in [-0.39, 0.29) is 42.7 Å². The van der Waals surface area contributed by atoms with Crippen LogP contribution < -0.4 is 11.1 Å². The molecule has 168 valence electrons. The van der Waals surface area contributed by atoms with Crippen molar-refractivity contribution in [2.45, 2.75) is 44.2 Å². The average Bonchev–Trinajstić information content (AvgIpc) is 3.26. The summed E-state index contributed by atoms with van der Waals surface area (Å²) in [5.41, 5.74) is 8.79. The van der Waals surface area contributed by atoms with Gasteiger partial charge in [0.1, 0.15) is 11.9 Å². The van der Waals surface area contributed by atoms with Gasteiger partial charge >= 0.3 is 5.97 Å². The third-order valence-corrected chi connectivity index (χ3v) is 5.21. The summed E-state index contributed by atoms with van der Waals surface area (Å²) in [7, 11) is 1.33. The van der Waals surface area contributed by atoms with Crippen LogP contribution in [-0.4, -0.2) is 47.7 Å². The lowest BCUT2D eigenvalue weighted by atomic mass is 10.0. The first-order valence-electron chi connectivity index (χ1n) is 10.4. The summed E-state index contributed by atoms with van der Waals surface area (Å²) in [5.74, 6) is -0.579. The van der Waals surface area contributed by atoms with Gasteiger partial charge in [-0.2, -0.15) is 0 Å². The number of carbonyl (C=O) groups is 2. The van der Waals surface area contributed by atoms with Crippen molar-refractivity contribution in [3.63, 3.8) is 0 Å². The lowest BCUT2D eigenvalue weighted by Gasteiger charge is -2.18. The van der Waals surface area contributed by atoms with E-state index in [2.05, 4.69) is 15.5 Å². The highest BCUT2D eigenvalue weighted by molar-refractivity contribution is 6.02. The van der Waals surface area contributed by atoms with Crippen molar-refractivity contribution in [1.29, 1.82) is 5.41 Å². The smallest absolute Gasteiger partial charge is 0.307 e. The Morgan fingerprint density at radius 1 is 1.25 bits per heavy atom. The molecule has 2 heterocycles. The zero-order valence-corrected chi connectivity index (χ0v) is 17.9. The van der Waals surface area contributed by atoms with Gasteiger partial charge in [0.25, 0.3) is 0 Å². The lowest BCUT2D eigenvalue weighted by Crippen LogP contribution is -2.38. The van der Waals surface area contributed by atoms with Crippen molar-refractivity contribution >= 4 is 23.4 Å². The summed E-state index contributed by atoms with van der Waals surface area (Å²) in [5, 5.41) is 14.5. The largest absolute Gasteiger partial charge is 0.469 e. The van der Waals surface area contributed by atoms with Crippen LogP contribution in [0.1, 0.15) is 42.4 Å². The van der Waals surface area contributed by atoms with Crippen LogP contribution in [0, 0.1) is 5.41 Å². The van der Waals surface area contributed by atoms with Crippen LogP contribution in [0.4, 0.5) is 0 Å². The highest BCUT2D eigenvalue weighted by Gasteiger charge is 2.26. The molecule has 9 heteroatoms. The molecule has 0 saturated carbocycles. The number of nitrogen functional groups attached to an aromatic ring is 1. The van der Waals surface area contributed by atoms with Gasteiger partial charge in [-0.05, 0) is 36.1 Å². The van der Waals surface area contributed by atoms with Crippen LogP contribution in [0.3, 0.4) is 0 Å². The molecule has 32 heavy (non-hydrogen) atoms. The standard InChI is InChI=1S/C23H27N5O4/c1-31-22(30)12-18(7-2-15-8-10-26-11-9-15)27-21(29)14-19-13-20(28-32-19)16-3-5-17(6-4-16)23(24)25/h3-6,8-11,18-19H,2,7,12-14H2,1H3,(H3,24,25)(H,27,29)/t18-,19?/m1/s1. The number of amidine groups is 1. The molecule has 1 aliphatic heterocycles. The topological polar surface area (TPSA) is 140 Å². The zero-order valence-electron chi connectivity index (χ0n) is 17.9. The fourth-order valence-corrected chi connectivity index (χ4v) is 3.44. The van der Waals surface area contributed by atoms with Gasteiger partial charge in [-0.25, -0.2) is 0 Å². The Balaban J connectivity index is 1.51. The Kier molecular flexibility index (Phi) is 7.91. The Hall–Kier alpha value is -3.75. The maximum atomic E-state index is 12.6. The van der Waals surface area contributed by atoms with Gasteiger partial charge in [0.05, 0.1) is 25.7 Å². The van der Waals surface area contributed by atoms with Crippen LogP contribution in [0.5, 0.6) is 0 Å². The summed E-state index contributed by atoms with van der Waals surface area (Å²) in [6, 6.07) is 10.6. The number of aryl methyl sites for hydroxylation is 1. The molecule has 0 aliphatic carbocycles. The zero-order chi connectivity index (χ0) is 22.9. The molecule has 1 amide bonds. The third kappa shape index (κ3) is 6.63. The van der Waals surface area contributed by atoms with E-state index >= 15 is 0 Å². The number of aromatic nitrogens is 1. The number of hydrogen-bond acceptors (Lipinski definition) is 7. The number of benzene rings is 1. The number of oxime groups is 1. The number of nitrogens with two attached hydrogens (primary N) is 1. The molecule has 1 aromatic carbocycles. The summed E-state index contributed by atoms with van der Waals surface area (Å²) >= 11 is 0. The fourth-order valence-electron chi connectivity index (χ4n) is 3.44. The molecule has 0 saturated heterocycles. The second-order valence-corrected chi connectivity index (χ2v) is 7.60. The van der Waals surface area contributed by atoms with Crippen molar-refractivity contribution in [3.05, 3.63) is 65.5 Å². The van der Waals surface area contributed by atoms with E-state index in [4.69, 9.17) is 20.7 Å². The van der Waals surface area contributed by atoms with Gasteiger partial charge in [0.15, 0.2) is 0 Å². The minimum atomic E-state index is -0.378. The fraction of sp³-hybridized carbons (Fsp3) is 0.348. The molecule has 0 radical (unpaired) electrons. The first kappa shape index (κ1) is 22.9. The second-order valence-electron chi connectivity index (χ2n) is 7.60. The van der Waals surface area contributed by atoms with Crippen molar-refractivity contribution in [2.75, 3.05) is 7.11 Å². The maximum Gasteiger partial charge on any atom is 0.307 e. The number of esters is 1. The van der Waals surface area contributed by atoms with Gasteiger partial charge in [0.2, 0.25) is 5.91 Å². The summed E-state index contributed by atoms with van der Waals surface area (Å²) in [6.45, 7) is 0. The van der Waals surface area contributed by atoms with Gasteiger partial charge in [0, 0.05) is 30.4 Å². The molecular formula is C23H27N5O4. The molecule has 1 aromatic heterocycles. The van der Waals surface area contributed by atoms with Crippen LogP contribution in [0.2, 0.25) is 0 Å². The number of rotatable bonds is 10. The normalized spacial score (nSPS) is 15.9. The van der Waals surface area contributed by atoms with E-state index in [1.54, 1.807) is 24.5 Å². The predicted molar refractivity (Wildman–Crippen MR) is 119 cm³/mol. The minimum absolute atomic E-state index is 0.00106. The molecule has 1 aliphatic rings. The highest BCUT2D eigenvalue weighted by atomic mass is 16.6. The molecule has 0 spiro atoms. The molecule has 4 N–H and O–H groups in total. The van der Waals surface area contributed by atoms with Crippen molar-refractivity contribution in [2.24, 2.45) is 10.9 Å². The van der Waals surface area contributed by atoms with Crippen LogP contribution >= 0.6 is 0 Å². The Morgan fingerprint density at radius 2 is 1.97 bits per heavy atom. The summed E-state index contributed by atoms with van der Waals surface area (Å²) in [4.78, 5) is 33.8. The number of nitrogens with one attached hydrogen (secondary N) is 2. The summed E-state index contributed by atoms with van der Waals surface area (Å²) in [6.07, 6.45) is 5.07. The number of hydrogen-bond donors (Lipinski definition) is 3. The maximum absolute atomic E-state index is 12.6. The van der Waals surface area contributed by atoms with Crippen molar-refractivity contribution in [3.8, 4) is 0 Å². The molecule has 9 nitrogen and oxygen atoms in total. The Morgan fingerprint density at radius 3 is 2.62 bits per heavy atom. The van der Waals surface area contributed by atoms with Crippen molar-refractivity contribution < 1.29 is 19.2 Å². The molecule has 3 rings (SSSR count). The van der Waals surface area contributed by atoms with E-state index in [0.29, 0.717) is 24.8 Å². The van der Waals surface area contributed by atoms with Gasteiger partial charge < -0.3 is 20.6 Å². The number of pyridine rings is 1. The third-order valence-electron chi connectivity index (χ3n) is 5.21. The highest BCUT2D eigenvalue weighted by Crippen LogP contribution is 2.20. The predicted octanol–water partition coefficient (Wildman–Crippen LogP) is 1.93. The molecule has 0 fully saturated rings. The summed E-state index contributed by atoms with van der Waals surface area (Å²) < 4.78 is 4.77. The van der Waals surface area contributed by atoms with Crippen LogP contribution in [-0.2, 0) is 25.6 Å². The van der Waals surface area contributed by atoms with E-state index in [1.807, 2.05) is 24.3 Å². The lowest BCUT2D eigenvalue weighted by molar-refractivity contribution is -0.141. The monoisotopic (exact) mass is 437 g/mol. The number of amides is 1. The minimum Gasteiger partial charge on any atom is -0.469 e. The molecule has 2 atom stereocenters. The Bertz CT molecular complexity index is 976. The van der Waals surface area contributed by atoms with E-state index in [0.717, 1.165) is 16.8 Å². The van der Waals surface area contributed by atoms with Crippen LogP contribution in [0.15, 0.2) is 53.9 Å².